The first-order valence-electron chi connectivity index (χ1n) is 3.72. The molecule has 0 amide bonds. The molecule has 1 rings (SSSR count). The summed E-state index contributed by atoms with van der Waals surface area (Å²) in [5.41, 5.74) is 0.172. The molecule has 0 spiro atoms. The monoisotopic (exact) mass is 206 g/mol. The average molecular weight is 207 g/mol. The lowest BCUT2D eigenvalue weighted by Crippen LogP contribution is -2.22. The highest BCUT2D eigenvalue weighted by molar-refractivity contribution is 6.31. The number of halogens is 1. The molecule has 0 radical (unpaired) electrons. The first-order valence-corrected chi connectivity index (χ1v) is 4.10. The molecule has 74 valence electrons. The highest BCUT2D eigenvalue weighted by atomic mass is 35.5. The quantitative estimate of drug-likeness (QED) is 0.621. The van der Waals surface area contributed by atoms with Crippen LogP contribution in [0.2, 0.25) is 5.02 Å². The van der Waals surface area contributed by atoms with Crippen LogP contribution in [-0.4, -0.2) is 37.8 Å². The van der Waals surface area contributed by atoms with Gasteiger partial charge in [-0.05, 0) is 0 Å². The maximum Gasteiger partial charge on any atom is 0.127 e. The minimum absolute atomic E-state index is 0.172. The lowest BCUT2D eigenvalue weighted by Gasteiger charge is -2.13. The average Bonchev–Trinajstić information content (AvgIpc) is 2.42. The van der Waals surface area contributed by atoms with Gasteiger partial charge in [-0.25, -0.2) is 0 Å². The Morgan fingerprint density at radius 3 is 2.62 bits per heavy atom. The molecule has 0 aliphatic rings. The molecule has 1 aromatic heterocycles. The molecule has 0 bridgehead atoms. The summed E-state index contributed by atoms with van der Waals surface area (Å²) in [6, 6.07) is 0. The van der Waals surface area contributed by atoms with Gasteiger partial charge < -0.3 is 15.3 Å². The summed E-state index contributed by atoms with van der Waals surface area (Å²) in [5.74, 6) is 0. The van der Waals surface area contributed by atoms with Crippen LogP contribution < -0.4 is 0 Å². The molecule has 0 saturated heterocycles. The van der Waals surface area contributed by atoms with Crippen LogP contribution in [0, 0.1) is 0 Å². The van der Waals surface area contributed by atoms with Crippen molar-refractivity contribution in [2.24, 2.45) is 7.05 Å². The van der Waals surface area contributed by atoms with Crippen LogP contribution in [0.25, 0.3) is 0 Å². The van der Waals surface area contributed by atoms with E-state index in [2.05, 4.69) is 5.10 Å². The van der Waals surface area contributed by atoms with Crippen molar-refractivity contribution in [1.29, 1.82) is 0 Å². The molecule has 1 aromatic rings. The zero-order chi connectivity index (χ0) is 10.0. The smallest absolute Gasteiger partial charge is 0.127 e. The molecule has 6 heteroatoms. The molecule has 2 unspecified atom stereocenters. The van der Waals surface area contributed by atoms with Crippen molar-refractivity contribution < 1.29 is 15.3 Å². The molecular weight excluding hydrogens is 196 g/mol. The van der Waals surface area contributed by atoms with Crippen LogP contribution in [-0.2, 0) is 7.05 Å². The molecule has 0 aromatic carbocycles. The van der Waals surface area contributed by atoms with Gasteiger partial charge in [-0.3, -0.25) is 4.68 Å². The van der Waals surface area contributed by atoms with Crippen molar-refractivity contribution in [2.75, 3.05) is 6.61 Å². The summed E-state index contributed by atoms with van der Waals surface area (Å²) in [5, 5.41) is 31.2. The third-order valence-electron chi connectivity index (χ3n) is 1.64. The second-order valence-electron chi connectivity index (χ2n) is 2.73. The van der Waals surface area contributed by atoms with Crippen LogP contribution in [0.5, 0.6) is 0 Å². The second-order valence-corrected chi connectivity index (χ2v) is 3.14. The normalized spacial score (nSPS) is 15.8. The van der Waals surface area contributed by atoms with Gasteiger partial charge in [-0.1, -0.05) is 11.6 Å². The van der Waals surface area contributed by atoms with Crippen LogP contribution in [0.15, 0.2) is 6.20 Å². The Morgan fingerprint density at radius 2 is 2.23 bits per heavy atom. The van der Waals surface area contributed by atoms with Gasteiger partial charge in [0.25, 0.3) is 0 Å². The number of hydrogen-bond acceptors (Lipinski definition) is 4. The van der Waals surface area contributed by atoms with Crippen molar-refractivity contribution in [2.45, 2.75) is 12.2 Å². The van der Waals surface area contributed by atoms with Gasteiger partial charge in [0.05, 0.1) is 11.6 Å². The minimum Gasteiger partial charge on any atom is -0.394 e. The summed E-state index contributed by atoms with van der Waals surface area (Å²) in [6.07, 6.45) is -1.00. The molecule has 0 fully saturated rings. The fraction of sp³-hybridized carbons (Fsp3) is 0.571. The van der Waals surface area contributed by atoms with E-state index in [4.69, 9.17) is 21.8 Å². The van der Waals surface area contributed by atoms with E-state index in [0.717, 1.165) is 0 Å². The third kappa shape index (κ3) is 2.19. The molecule has 0 aliphatic carbocycles. The van der Waals surface area contributed by atoms with E-state index in [1.54, 1.807) is 7.05 Å². The van der Waals surface area contributed by atoms with E-state index in [-0.39, 0.29) is 10.7 Å². The molecular formula is C7H11ClN2O3. The van der Waals surface area contributed by atoms with E-state index in [1.807, 2.05) is 0 Å². The van der Waals surface area contributed by atoms with Crippen molar-refractivity contribution in [3.63, 3.8) is 0 Å². The number of aliphatic hydroxyl groups excluding tert-OH is 3. The van der Waals surface area contributed by atoms with E-state index >= 15 is 0 Å². The highest BCUT2D eigenvalue weighted by Crippen LogP contribution is 2.22. The van der Waals surface area contributed by atoms with E-state index in [0.29, 0.717) is 0 Å². The Hall–Kier alpha value is -0.620. The van der Waals surface area contributed by atoms with Crippen molar-refractivity contribution >= 4 is 11.6 Å². The van der Waals surface area contributed by atoms with Gasteiger partial charge in [0.1, 0.15) is 17.9 Å². The van der Waals surface area contributed by atoms with Crippen molar-refractivity contribution in [3.05, 3.63) is 16.9 Å². The summed E-state index contributed by atoms with van der Waals surface area (Å²) in [4.78, 5) is 0. The molecule has 0 aliphatic heterocycles. The zero-order valence-electron chi connectivity index (χ0n) is 7.05. The number of rotatable bonds is 3. The number of nitrogens with zero attached hydrogens (tertiary/aromatic N) is 2. The Labute approximate surface area is 80.2 Å². The van der Waals surface area contributed by atoms with Crippen LogP contribution in [0.4, 0.5) is 0 Å². The standard InChI is InChI=1S/C7H11ClN2O3/c1-10-2-4(8)6(9-10)7(13)5(12)3-11/h2,5,7,11-13H,3H2,1H3. The summed E-state index contributed by atoms with van der Waals surface area (Å²) in [7, 11) is 1.65. The van der Waals surface area contributed by atoms with Crippen molar-refractivity contribution in [1.82, 2.24) is 9.78 Å². The molecule has 0 saturated carbocycles. The van der Waals surface area contributed by atoms with Crippen LogP contribution >= 0.6 is 11.6 Å². The van der Waals surface area contributed by atoms with Crippen LogP contribution in [0.3, 0.4) is 0 Å². The first-order chi connectivity index (χ1) is 6.06. The fourth-order valence-electron chi connectivity index (χ4n) is 0.959. The van der Waals surface area contributed by atoms with Gasteiger partial charge in [0, 0.05) is 13.2 Å². The van der Waals surface area contributed by atoms with Gasteiger partial charge in [0.15, 0.2) is 0 Å². The Kier molecular flexibility index (Phi) is 3.27. The maximum atomic E-state index is 9.41. The van der Waals surface area contributed by atoms with Crippen LogP contribution in [0.1, 0.15) is 11.8 Å². The largest absolute Gasteiger partial charge is 0.394 e. The van der Waals surface area contributed by atoms with Gasteiger partial charge in [0.2, 0.25) is 0 Å². The summed E-state index contributed by atoms with van der Waals surface area (Å²) < 4.78 is 1.42. The van der Waals surface area contributed by atoms with Gasteiger partial charge in [-0.2, -0.15) is 5.10 Å². The lowest BCUT2D eigenvalue weighted by molar-refractivity contribution is -0.0174. The van der Waals surface area contributed by atoms with E-state index in [9.17, 15) is 5.11 Å². The number of aliphatic hydroxyl groups is 3. The van der Waals surface area contributed by atoms with Crippen molar-refractivity contribution in [3.8, 4) is 0 Å². The SMILES string of the molecule is Cn1cc(Cl)c(C(O)C(O)CO)n1. The molecule has 1 heterocycles. The minimum atomic E-state index is -1.26. The Bertz CT molecular complexity index is 289. The zero-order valence-corrected chi connectivity index (χ0v) is 7.81. The lowest BCUT2D eigenvalue weighted by atomic mass is 10.1. The van der Waals surface area contributed by atoms with Gasteiger partial charge in [-0.15, -0.1) is 0 Å². The molecule has 5 nitrogen and oxygen atoms in total. The van der Waals surface area contributed by atoms with Gasteiger partial charge >= 0.3 is 0 Å². The molecule has 2 atom stereocenters. The number of aryl methyl sites for hydroxylation is 1. The summed E-state index contributed by atoms with van der Waals surface area (Å²) in [6.45, 7) is -0.534. The summed E-state index contributed by atoms with van der Waals surface area (Å²) >= 11 is 5.70. The second kappa shape index (κ2) is 4.06. The van der Waals surface area contributed by atoms with E-state index in [1.165, 1.54) is 10.9 Å². The maximum absolute atomic E-state index is 9.41. The predicted molar refractivity (Wildman–Crippen MR) is 46.3 cm³/mol. The highest BCUT2D eigenvalue weighted by Gasteiger charge is 2.22. The topological polar surface area (TPSA) is 78.5 Å². The number of aromatic nitrogens is 2. The molecule has 3 N–H and O–H groups in total. The first kappa shape index (κ1) is 10.5. The predicted octanol–water partition coefficient (Wildman–Crippen LogP) is -0.540. The molecule has 13 heavy (non-hydrogen) atoms. The Morgan fingerprint density at radius 1 is 1.62 bits per heavy atom. The number of hydrogen-bond donors (Lipinski definition) is 3. The van der Waals surface area contributed by atoms with E-state index < -0.39 is 18.8 Å². The Balaban J connectivity index is 2.87. The third-order valence-corrected chi connectivity index (χ3v) is 1.93. The fourth-order valence-corrected chi connectivity index (χ4v) is 1.25.